The van der Waals surface area contributed by atoms with E-state index in [9.17, 15) is 14.4 Å². The summed E-state index contributed by atoms with van der Waals surface area (Å²) in [6.45, 7) is 1.69. The van der Waals surface area contributed by atoms with Gasteiger partial charge in [-0.2, -0.15) is 0 Å². The number of nitrogens with two attached hydrogens (primary N) is 1. The van der Waals surface area contributed by atoms with Crippen molar-refractivity contribution in [2.75, 3.05) is 42.3 Å². The molecule has 9 nitrogen and oxygen atoms in total. The molecule has 9 heteroatoms. The van der Waals surface area contributed by atoms with Crippen molar-refractivity contribution in [2.24, 2.45) is 5.41 Å². The average molecular weight is 421 g/mol. The Labute approximate surface area is 179 Å². The Morgan fingerprint density at radius 1 is 1.03 bits per heavy atom. The van der Waals surface area contributed by atoms with E-state index in [1.807, 2.05) is 36.4 Å². The van der Waals surface area contributed by atoms with Crippen LogP contribution in [-0.4, -0.2) is 50.6 Å². The number of nitrogens with zero attached hydrogens (tertiary/aromatic N) is 2. The highest BCUT2D eigenvalue weighted by atomic mass is 16.5. The number of barbiturate groups is 1. The summed E-state index contributed by atoms with van der Waals surface area (Å²) in [5.74, 6) is -0.431. The largest absolute Gasteiger partial charge is 0.495 e. The van der Waals surface area contributed by atoms with Crippen LogP contribution in [0.3, 0.4) is 0 Å². The zero-order chi connectivity index (χ0) is 21.8. The molecule has 2 fully saturated rings. The van der Waals surface area contributed by atoms with Gasteiger partial charge in [-0.1, -0.05) is 12.1 Å². The molecule has 2 saturated heterocycles. The van der Waals surface area contributed by atoms with Crippen molar-refractivity contribution in [1.29, 1.82) is 0 Å². The van der Waals surface area contributed by atoms with Crippen molar-refractivity contribution < 1.29 is 19.1 Å². The molecular formula is C22H23N5O4. The van der Waals surface area contributed by atoms with Crippen LogP contribution in [0, 0.1) is 5.41 Å². The van der Waals surface area contributed by atoms with Gasteiger partial charge in [-0.15, -0.1) is 0 Å². The number of nitrogens with one attached hydrogen (secondary N) is 2. The molecule has 0 saturated carbocycles. The summed E-state index contributed by atoms with van der Waals surface area (Å²) in [5.41, 5.74) is 7.79. The third kappa shape index (κ3) is 2.80. The van der Waals surface area contributed by atoms with Gasteiger partial charge in [0, 0.05) is 31.0 Å². The third-order valence-electron chi connectivity index (χ3n) is 6.52. The van der Waals surface area contributed by atoms with Crippen LogP contribution in [-0.2, 0) is 16.0 Å². The van der Waals surface area contributed by atoms with E-state index in [2.05, 4.69) is 20.4 Å². The van der Waals surface area contributed by atoms with E-state index < -0.39 is 29.3 Å². The van der Waals surface area contributed by atoms with Crippen molar-refractivity contribution in [2.45, 2.75) is 12.5 Å². The number of hydrogen-bond acceptors (Lipinski definition) is 7. The number of methoxy groups -OCH3 is 1. The smallest absolute Gasteiger partial charge is 0.328 e. The van der Waals surface area contributed by atoms with Crippen LogP contribution in [0.1, 0.15) is 5.56 Å². The lowest BCUT2D eigenvalue weighted by Crippen LogP contribution is -2.74. The lowest BCUT2D eigenvalue weighted by Gasteiger charge is -2.54. The number of nitrogen functional groups attached to an aromatic ring is 1. The van der Waals surface area contributed by atoms with E-state index in [4.69, 9.17) is 10.5 Å². The van der Waals surface area contributed by atoms with E-state index in [0.717, 1.165) is 22.7 Å². The highest BCUT2D eigenvalue weighted by Crippen LogP contribution is 2.46. The van der Waals surface area contributed by atoms with E-state index in [-0.39, 0.29) is 6.42 Å². The first-order chi connectivity index (χ1) is 14.9. The number of anilines is 3. The van der Waals surface area contributed by atoms with E-state index >= 15 is 0 Å². The summed E-state index contributed by atoms with van der Waals surface area (Å²) in [6.07, 6.45) is 0.166. The molecular weight excluding hydrogens is 398 g/mol. The molecule has 0 bridgehead atoms. The highest BCUT2D eigenvalue weighted by molar-refractivity contribution is 6.20. The molecule has 0 aromatic heterocycles. The lowest BCUT2D eigenvalue weighted by molar-refractivity contribution is -0.146. The quantitative estimate of drug-likeness (QED) is 0.487. The van der Waals surface area contributed by atoms with Crippen LogP contribution >= 0.6 is 0 Å². The number of amides is 4. The van der Waals surface area contributed by atoms with Crippen molar-refractivity contribution >= 4 is 34.9 Å². The van der Waals surface area contributed by atoms with Crippen LogP contribution in [0.15, 0.2) is 42.5 Å². The molecule has 1 atom stereocenters. The minimum atomic E-state index is -1.45. The Hall–Kier alpha value is -3.75. The van der Waals surface area contributed by atoms with Crippen LogP contribution in [0.25, 0.3) is 0 Å². The maximum Gasteiger partial charge on any atom is 0.328 e. The first kappa shape index (κ1) is 19.2. The van der Waals surface area contributed by atoms with Gasteiger partial charge in [0.05, 0.1) is 18.8 Å². The van der Waals surface area contributed by atoms with Gasteiger partial charge in [0.2, 0.25) is 11.8 Å². The second-order valence-electron chi connectivity index (χ2n) is 8.10. The molecule has 0 aliphatic carbocycles. The number of para-hydroxylation sites is 2. The molecule has 1 spiro atoms. The number of imide groups is 2. The summed E-state index contributed by atoms with van der Waals surface area (Å²) in [7, 11) is 1.62. The fourth-order valence-electron chi connectivity index (χ4n) is 5.08. The second-order valence-corrected chi connectivity index (χ2v) is 8.10. The van der Waals surface area contributed by atoms with Crippen LogP contribution in [0.2, 0.25) is 0 Å². The number of hydrogen-bond donors (Lipinski definition) is 3. The van der Waals surface area contributed by atoms with Gasteiger partial charge in [0.1, 0.15) is 5.75 Å². The number of rotatable bonds is 2. The molecule has 4 N–H and O–H groups in total. The number of carbonyl (C=O) groups is 3. The average Bonchev–Trinajstić information content (AvgIpc) is 2.76. The molecule has 2 aromatic carbocycles. The molecule has 4 amide bonds. The number of ether oxygens (including phenoxy) is 1. The standard InChI is InChI=1S/C22H23N5O4/c1-31-17-5-3-2-4-16(17)26-8-9-27-15-7-6-14(23)10-13(15)11-22(18(27)12-26)19(28)24-21(30)25-20(22)29/h2-7,10,18H,8-9,11-12,23H2,1H3,(H2,24,25,28,29,30)/t18-/m0/s1. The zero-order valence-electron chi connectivity index (χ0n) is 17.1. The molecule has 0 unspecified atom stereocenters. The maximum absolute atomic E-state index is 13.2. The molecule has 3 aliphatic rings. The van der Waals surface area contributed by atoms with Crippen molar-refractivity contribution in [3.05, 3.63) is 48.0 Å². The zero-order valence-corrected chi connectivity index (χ0v) is 17.1. The molecule has 0 radical (unpaired) electrons. The third-order valence-corrected chi connectivity index (χ3v) is 6.52. The number of piperazine rings is 1. The molecule has 5 rings (SSSR count). The Morgan fingerprint density at radius 2 is 1.77 bits per heavy atom. The van der Waals surface area contributed by atoms with Crippen LogP contribution in [0.5, 0.6) is 5.75 Å². The summed E-state index contributed by atoms with van der Waals surface area (Å²) >= 11 is 0. The molecule has 2 aromatic rings. The molecule has 31 heavy (non-hydrogen) atoms. The van der Waals surface area contributed by atoms with Crippen LogP contribution in [0.4, 0.5) is 21.9 Å². The number of urea groups is 1. The highest BCUT2D eigenvalue weighted by Gasteiger charge is 2.60. The summed E-state index contributed by atoms with van der Waals surface area (Å²) in [6, 6.07) is 12.0. The molecule has 3 heterocycles. The molecule has 3 aliphatic heterocycles. The number of fused-ring (bicyclic) bond motifs is 4. The Bertz CT molecular complexity index is 1080. The van der Waals surface area contributed by atoms with Gasteiger partial charge in [0.15, 0.2) is 5.41 Å². The first-order valence-electron chi connectivity index (χ1n) is 10.1. The van der Waals surface area contributed by atoms with Gasteiger partial charge >= 0.3 is 6.03 Å². The Morgan fingerprint density at radius 3 is 2.52 bits per heavy atom. The fourth-order valence-corrected chi connectivity index (χ4v) is 5.08. The summed E-state index contributed by atoms with van der Waals surface area (Å²) < 4.78 is 5.52. The van der Waals surface area contributed by atoms with Crippen LogP contribution < -0.4 is 30.9 Å². The van der Waals surface area contributed by atoms with Gasteiger partial charge < -0.3 is 20.3 Å². The lowest BCUT2D eigenvalue weighted by atomic mass is 9.68. The monoisotopic (exact) mass is 421 g/mol. The minimum Gasteiger partial charge on any atom is -0.495 e. The van der Waals surface area contributed by atoms with Gasteiger partial charge in [-0.3, -0.25) is 20.2 Å². The van der Waals surface area contributed by atoms with E-state index in [1.54, 1.807) is 13.2 Å². The van der Waals surface area contributed by atoms with Gasteiger partial charge in [-0.05, 0) is 42.3 Å². The Balaban J connectivity index is 1.62. The Kier molecular flexibility index (Phi) is 4.28. The SMILES string of the molecule is COc1ccccc1N1CCN2c3ccc(N)cc3CC3(C(=O)NC(=O)NC3=O)[C@@H]2C1. The summed E-state index contributed by atoms with van der Waals surface area (Å²) in [5, 5.41) is 4.63. The molecule has 160 valence electrons. The minimum absolute atomic E-state index is 0.166. The predicted molar refractivity (Wildman–Crippen MR) is 115 cm³/mol. The van der Waals surface area contributed by atoms with Crippen molar-refractivity contribution in [3.8, 4) is 5.75 Å². The van der Waals surface area contributed by atoms with E-state index in [0.29, 0.717) is 25.3 Å². The van der Waals surface area contributed by atoms with Crippen molar-refractivity contribution in [1.82, 2.24) is 10.6 Å². The summed E-state index contributed by atoms with van der Waals surface area (Å²) in [4.78, 5) is 42.5. The predicted octanol–water partition coefficient (Wildman–Crippen LogP) is 0.881. The van der Waals surface area contributed by atoms with E-state index in [1.165, 1.54) is 0 Å². The second kappa shape index (κ2) is 6.90. The normalized spacial score (nSPS) is 21.8. The fraction of sp³-hybridized carbons (Fsp3) is 0.318. The maximum atomic E-state index is 13.2. The topological polar surface area (TPSA) is 117 Å². The number of benzene rings is 2. The number of carbonyl (C=O) groups excluding carboxylic acids is 3. The van der Waals surface area contributed by atoms with Gasteiger partial charge in [0.25, 0.3) is 0 Å². The first-order valence-corrected chi connectivity index (χ1v) is 10.1. The van der Waals surface area contributed by atoms with Crippen molar-refractivity contribution in [3.63, 3.8) is 0 Å². The van der Waals surface area contributed by atoms with Gasteiger partial charge in [-0.25, -0.2) is 4.79 Å².